The zero-order chi connectivity index (χ0) is 13.6. The zero-order valence-corrected chi connectivity index (χ0v) is 11.7. The van der Waals surface area contributed by atoms with Gasteiger partial charge in [0.1, 0.15) is 11.4 Å². The second-order valence-electron chi connectivity index (χ2n) is 5.14. The van der Waals surface area contributed by atoms with Crippen LogP contribution in [0.2, 0.25) is 0 Å². The van der Waals surface area contributed by atoms with Crippen molar-refractivity contribution in [3.05, 3.63) is 24.0 Å². The molecule has 4 heteroatoms. The van der Waals surface area contributed by atoms with E-state index in [0.717, 1.165) is 12.1 Å². The maximum absolute atomic E-state index is 10.4. The molecule has 0 saturated carbocycles. The molecule has 1 unspecified atom stereocenters. The molecule has 2 N–H and O–H groups in total. The fraction of sp³-hybridized carbons (Fsp3) is 0.643. The van der Waals surface area contributed by atoms with Crippen molar-refractivity contribution in [3.63, 3.8) is 0 Å². The summed E-state index contributed by atoms with van der Waals surface area (Å²) in [6.45, 7) is 9.97. The monoisotopic (exact) mass is 252 g/mol. The van der Waals surface area contributed by atoms with E-state index < -0.39 is 5.60 Å². The molecule has 1 atom stereocenters. The minimum Gasteiger partial charge on any atom is -0.492 e. The highest BCUT2D eigenvalue weighted by Gasteiger charge is 2.23. The number of ether oxygens (including phenoxy) is 1. The van der Waals surface area contributed by atoms with E-state index in [1.54, 1.807) is 19.3 Å². The van der Waals surface area contributed by atoms with Crippen molar-refractivity contribution in [1.82, 2.24) is 10.3 Å². The molecule has 1 aromatic heterocycles. The lowest BCUT2D eigenvalue weighted by atomic mass is 9.97. The first-order valence-electron chi connectivity index (χ1n) is 6.47. The van der Waals surface area contributed by atoms with E-state index in [0.29, 0.717) is 24.8 Å². The average molecular weight is 252 g/mol. The van der Waals surface area contributed by atoms with Crippen LogP contribution in [-0.2, 0) is 5.60 Å². The van der Waals surface area contributed by atoms with Gasteiger partial charge in [0.05, 0.1) is 12.8 Å². The van der Waals surface area contributed by atoms with Crippen LogP contribution in [0.15, 0.2) is 18.5 Å². The topological polar surface area (TPSA) is 54.4 Å². The van der Waals surface area contributed by atoms with Crippen molar-refractivity contribution in [2.75, 3.05) is 19.7 Å². The Hall–Kier alpha value is -1.13. The molecular weight excluding hydrogens is 228 g/mol. The van der Waals surface area contributed by atoms with Crippen molar-refractivity contribution in [2.24, 2.45) is 5.92 Å². The van der Waals surface area contributed by atoms with Gasteiger partial charge in [-0.3, -0.25) is 4.98 Å². The highest BCUT2D eigenvalue weighted by atomic mass is 16.5. The SMILES string of the molecule is CCOc1cncc(C(C)(O)CNCC(C)C)c1. The number of nitrogens with zero attached hydrogens (tertiary/aromatic N) is 1. The predicted octanol–water partition coefficient (Wildman–Crippen LogP) is 1.93. The van der Waals surface area contributed by atoms with Crippen molar-refractivity contribution in [2.45, 2.75) is 33.3 Å². The molecule has 1 heterocycles. The summed E-state index contributed by atoms with van der Waals surface area (Å²) in [7, 11) is 0. The van der Waals surface area contributed by atoms with Crippen LogP contribution >= 0.6 is 0 Å². The summed E-state index contributed by atoms with van der Waals surface area (Å²) in [5.41, 5.74) is -0.167. The molecule has 0 aromatic carbocycles. The third-order valence-electron chi connectivity index (χ3n) is 2.67. The summed E-state index contributed by atoms with van der Waals surface area (Å²) in [6.07, 6.45) is 3.34. The van der Waals surface area contributed by atoms with Crippen LogP contribution in [0.5, 0.6) is 5.75 Å². The van der Waals surface area contributed by atoms with E-state index in [2.05, 4.69) is 24.1 Å². The Balaban J connectivity index is 2.67. The maximum atomic E-state index is 10.4. The summed E-state index contributed by atoms with van der Waals surface area (Å²) in [5.74, 6) is 1.26. The van der Waals surface area contributed by atoms with Gasteiger partial charge in [0.25, 0.3) is 0 Å². The molecule has 0 bridgehead atoms. The van der Waals surface area contributed by atoms with Gasteiger partial charge in [-0.15, -0.1) is 0 Å². The van der Waals surface area contributed by atoms with E-state index in [-0.39, 0.29) is 0 Å². The number of hydrogen-bond donors (Lipinski definition) is 2. The van der Waals surface area contributed by atoms with Gasteiger partial charge in [0.2, 0.25) is 0 Å². The number of rotatable bonds is 7. The first kappa shape index (κ1) is 14.9. The summed E-state index contributed by atoms with van der Waals surface area (Å²) >= 11 is 0. The largest absolute Gasteiger partial charge is 0.492 e. The van der Waals surface area contributed by atoms with Crippen LogP contribution in [-0.4, -0.2) is 29.8 Å². The Bertz CT molecular complexity index is 365. The molecule has 0 radical (unpaired) electrons. The second-order valence-corrected chi connectivity index (χ2v) is 5.14. The third kappa shape index (κ3) is 4.63. The van der Waals surface area contributed by atoms with E-state index >= 15 is 0 Å². The Morgan fingerprint density at radius 3 is 2.78 bits per heavy atom. The predicted molar refractivity (Wildman–Crippen MR) is 72.7 cm³/mol. The van der Waals surface area contributed by atoms with Crippen LogP contribution in [0.4, 0.5) is 0 Å². The normalized spacial score (nSPS) is 14.6. The highest BCUT2D eigenvalue weighted by Crippen LogP contribution is 2.22. The molecule has 102 valence electrons. The lowest BCUT2D eigenvalue weighted by Crippen LogP contribution is -2.37. The second kappa shape index (κ2) is 6.71. The van der Waals surface area contributed by atoms with Gasteiger partial charge in [-0.1, -0.05) is 13.8 Å². The zero-order valence-electron chi connectivity index (χ0n) is 11.7. The van der Waals surface area contributed by atoms with Crippen molar-refractivity contribution in [1.29, 1.82) is 0 Å². The quantitative estimate of drug-likeness (QED) is 0.778. The van der Waals surface area contributed by atoms with Crippen LogP contribution < -0.4 is 10.1 Å². The summed E-state index contributed by atoms with van der Waals surface area (Å²) in [4.78, 5) is 4.10. The Labute approximate surface area is 109 Å². The van der Waals surface area contributed by atoms with E-state index in [4.69, 9.17) is 4.74 Å². The standard InChI is InChI=1S/C14H24N2O2/c1-5-18-13-6-12(8-15-9-13)14(4,17)10-16-7-11(2)3/h6,8-9,11,16-17H,5,7,10H2,1-4H3. The molecule has 0 aliphatic rings. The molecule has 4 nitrogen and oxygen atoms in total. The van der Waals surface area contributed by atoms with Gasteiger partial charge in [-0.05, 0) is 32.4 Å². The Kier molecular flexibility index (Phi) is 5.56. The molecule has 18 heavy (non-hydrogen) atoms. The summed E-state index contributed by atoms with van der Waals surface area (Å²) < 4.78 is 5.39. The van der Waals surface area contributed by atoms with Gasteiger partial charge >= 0.3 is 0 Å². The maximum Gasteiger partial charge on any atom is 0.137 e. The molecule has 0 amide bonds. The van der Waals surface area contributed by atoms with Crippen molar-refractivity contribution in [3.8, 4) is 5.75 Å². The summed E-state index contributed by atoms with van der Waals surface area (Å²) in [5, 5.41) is 13.7. The van der Waals surface area contributed by atoms with Crippen LogP contribution in [0.1, 0.15) is 33.3 Å². The van der Waals surface area contributed by atoms with Gasteiger partial charge in [0, 0.05) is 18.3 Å². The van der Waals surface area contributed by atoms with Gasteiger partial charge < -0.3 is 15.2 Å². The van der Waals surface area contributed by atoms with Crippen LogP contribution in [0.25, 0.3) is 0 Å². The fourth-order valence-electron chi connectivity index (χ4n) is 1.67. The number of nitrogens with one attached hydrogen (secondary N) is 1. The third-order valence-corrected chi connectivity index (χ3v) is 2.67. The first-order valence-corrected chi connectivity index (χ1v) is 6.47. The van der Waals surface area contributed by atoms with Crippen molar-refractivity contribution < 1.29 is 9.84 Å². The van der Waals surface area contributed by atoms with Gasteiger partial charge in [0.15, 0.2) is 0 Å². The number of aromatic nitrogens is 1. The Morgan fingerprint density at radius 1 is 1.44 bits per heavy atom. The molecule has 0 spiro atoms. The minimum absolute atomic E-state index is 0.502. The number of hydrogen-bond acceptors (Lipinski definition) is 4. The lowest BCUT2D eigenvalue weighted by Gasteiger charge is -2.25. The number of aliphatic hydroxyl groups is 1. The van der Waals surface area contributed by atoms with E-state index in [1.807, 2.05) is 13.0 Å². The van der Waals surface area contributed by atoms with E-state index in [9.17, 15) is 5.11 Å². The van der Waals surface area contributed by atoms with Gasteiger partial charge in [-0.25, -0.2) is 0 Å². The lowest BCUT2D eigenvalue weighted by molar-refractivity contribution is 0.0557. The molecule has 0 fully saturated rings. The van der Waals surface area contributed by atoms with Crippen LogP contribution in [0, 0.1) is 5.92 Å². The highest BCUT2D eigenvalue weighted by molar-refractivity contribution is 5.27. The fourth-order valence-corrected chi connectivity index (χ4v) is 1.67. The molecular formula is C14H24N2O2. The molecule has 0 aliphatic carbocycles. The summed E-state index contributed by atoms with van der Waals surface area (Å²) in [6, 6.07) is 1.84. The molecule has 0 aliphatic heterocycles. The van der Waals surface area contributed by atoms with E-state index in [1.165, 1.54) is 0 Å². The average Bonchev–Trinajstić information content (AvgIpc) is 2.29. The minimum atomic E-state index is -0.936. The van der Waals surface area contributed by atoms with Gasteiger partial charge in [-0.2, -0.15) is 0 Å². The number of pyridine rings is 1. The Morgan fingerprint density at radius 2 is 2.17 bits per heavy atom. The molecule has 1 aromatic rings. The van der Waals surface area contributed by atoms with Crippen molar-refractivity contribution >= 4 is 0 Å². The first-order chi connectivity index (χ1) is 8.45. The smallest absolute Gasteiger partial charge is 0.137 e. The molecule has 1 rings (SSSR count). The molecule has 0 saturated heterocycles. The van der Waals surface area contributed by atoms with Crippen LogP contribution in [0.3, 0.4) is 0 Å².